The fourth-order valence-corrected chi connectivity index (χ4v) is 2.98. The van der Waals surface area contributed by atoms with Crippen LogP contribution in [0.4, 0.5) is 0 Å². The highest BCUT2D eigenvalue weighted by Crippen LogP contribution is 2.18. The zero-order valence-corrected chi connectivity index (χ0v) is 14.7. The van der Waals surface area contributed by atoms with Gasteiger partial charge in [0.25, 0.3) is 5.91 Å². The van der Waals surface area contributed by atoms with Gasteiger partial charge >= 0.3 is 0 Å². The fraction of sp³-hybridized carbons (Fsp3) is 0.579. The summed E-state index contributed by atoms with van der Waals surface area (Å²) in [7, 11) is 0. The molecule has 0 aromatic heterocycles. The van der Waals surface area contributed by atoms with Crippen LogP contribution < -0.4 is 10.6 Å². The summed E-state index contributed by atoms with van der Waals surface area (Å²) in [6, 6.07) is 6.81. The van der Waals surface area contributed by atoms with E-state index in [2.05, 4.69) is 10.6 Å². The molecule has 2 rings (SSSR count). The Bertz CT molecular complexity index is 560. The summed E-state index contributed by atoms with van der Waals surface area (Å²) in [5.74, 6) is -0.386. The van der Waals surface area contributed by atoms with Crippen molar-refractivity contribution in [1.29, 1.82) is 0 Å². The lowest BCUT2D eigenvalue weighted by Crippen LogP contribution is -2.52. The molecule has 24 heavy (non-hydrogen) atoms. The molecule has 0 saturated heterocycles. The summed E-state index contributed by atoms with van der Waals surface area (Å²) in [4.78, 5) is 25.0. The first-order valence-electron chi connectivity index (χ1n) is 8.72. The van der Waals surface area contributed by atoms with Crippen molar-refractivity contribution >= 4 is 11.8 Å². The maximum Gasteiger partial charge on any atom is 0.251 e. The summed E-state index contributed by atoms with van der Waals surface area (Å²) in [6.07, 6.45) is 2.74. The molecule has 5 heteroatoms. The van der Waals surface area contributed by atoms with E-state index in [1.54, 1.807) is 12.1 Å². The topological polar surface area (TPSA) is 78.4 Å². The minimum atomic E-state index is -0.564. The number of benzene rings is 1. The van der Waals surface area contributed by atoms with E-state index in [1.165, 1.54) is 0 Å². The van der Waals surface area contributed by atoms with Crippen LogP contribution in [0.15, 0.2) is 24.3 Å². The van der Waals surface area contributed by atoms with E-state index in [0.717, 1.165) is 18.4 Å². The third-order valence-corrected chi connectivity index (χ3v) is 4.59. The van der Waals surface area contributed by atoms with Crippen LogP contribution in [0.3, 0.4) is 0 Å². The lowest BCUT2D eigenvalue weighted by Gasteiger charge is -2.29. The van der Waals surface area contributed by atoms with Gasteiger partial charge in [-0.05, 0) is 50.7 Å². The quantitative estimate of drug-likeness (QED) is 0.773. The summed E-state index contributed by atoms with van der Waals surface area (Å²) in [6.45, 7) is 5.81. The van der Waals surface area contributed by atoms with Gasteiger partial charge in [0.1, 0.15) is 6.04 Å². The van der Waals surface area contributed by atoms with Crippen LogP contribution in [0.5, 0.6) is 0 Å². The Hall–Kier alpha value is -1.88. The minimum absolute atomic E-state index is 0.00595. The van der Waals surface area contributed by atoms with E-state index in [-0.39, 0.29) is 29.9 Å². The van der Waals surface area contributed by atoms with Crippen LogP contribution in [-0.2, 0) is 4.79 Å². The maximum absolute atomic E-state index is 12.6. The van der Waals surface area contributed by atoms with Crippen LogP contribution in [-0.4, -0.2) is 35.1 Å². The lowest BCUT2D eigenvalue weighted by molar-refractivity contribution is -0.125. The van der Waals surface area contributed by atoms with E-state index >= 15 is 0 Å². The molecule has 1 aromatic carbocycles. The van der Waals surface area contributed by atoms with E-state index in [4.69, 9.17) is 0 Å². The van der Waals surface area contributed by atoms with E-state index < -0.39 is 6.04 Å². The number of hydrogen-bond donors (Lipinski definition) is 3. The van der Waals surface area contributed by atoms with Gasteiger partial charge in [-0.1, -0.05) is 31.5 Å². The second kappa shape index (κ2) is 8.29. The van der Waals surface area contributed by atoms with Crippen molar-refractivity contribution in [2.24, 2.45) is 5.92 Å². The molecule has 0 unspecified atom stereocenters. The Morgan fingerprint density at radius 1 is 1.08 bits per heavy atom. The van der Waals surface area contributed by atoms with Crippen molar-refractivity contribution in [3.63, 3.8) is 0 Å². The number of rotatable bonds is 5. The van der Waals surface area contributed by atoms with Gasteiger partial charge in [-0.3, -0.25) is 9.59 Å². The summed E-state index contributed by atoms with van der Waals surface area (Å²) >= 11 is 0. The number of aryl methyl sites for hydroxylation is 1. The Morgan fingerprint density at radius 3 is 2.21 bits per heavy atom. The smallest absolute Gasteiger partial charge is 0.251 e. The average molecular weight is 332 g/mol. The molecule has 0 heterocycles. The van der Waals surface area contributed by atoms with Crippen LogP contribution in [0.2, 0.25) is 0 Å². The largest absolute Gasteiger partial charge is 0.393 e. The van der Waals surface area contributed by atoms with Crippen molar-refractivity contribution in [3.8, 4) is 0 Å². The van der Waals surface area contributed by atoms with Gasteiger partial charge < -0.3 is 15.7 Å². The highest BCUT2D eigenvalue weighted by Gasteiger charge is 2.28. The number of nitrogens with one attached hydrogen (secondary N) is 2. The summed E-state index contributed by atoms with van der Waals surface area (Å²) < 4.78 is 0. The molecule has 0 bridgehead atoms. The average Bonchev–Trinajstić information content (AvgIpc) is 2.54. The number of amides is 2. The molecule has 2 amide bonds. The molecule has 132 valence electrons. The van der Waals surface area contributed by atoms with Gasteiger partial charge in [0, 0.05) is 11.6 Å². The number of carbonyl (C=O) groups excluding carboxylic acids is 2. The van der Waals surface area contributed by atoms with Gasteiger partial charge in [-0.15, -0.1) is 0 Å². The molecule has 3 N–H and O–H groups in total. The molecule has 1 atom stereocenters. The molecule has 5 nitrogen and oxygen atoms in total. The van der Waals surface area contributed by atoms with Crippen LogP contribution in [0, 0.1) is 12.8 Å². The molecular formula is C19H28N2O3. The Labute approximate surface area is 143 Å². The second-order valence-corrected chi connectivity index (χ2v) is 7.08. The lowest BCUT2D eigenvalue weighted by atomic mass is 9.92. The summed E-state index contributed by atoms with van der Waals surface area (Å²) in [5, 5.41) is 15.4. The van der Waals surface area contributed by atoms with Gasteiger partial charge in [0.15, 0.2) is 0 Å². The third kappa shape index (κ3) is 5.06. The van der Waals surface area contributed by atoms with Crippen molar-refractivity contribution in [2.45, 2.75) is 64.6 Å². The van der Waals surface area contributed by atoms with Gasteiger partial charge in [-0.25, -0.2) is 0 Å². The summed E-state index contributed by atoms with van der Waals surface area (Å²) in [5.41, 5.74) is 1.64. The molecule has 1 fully saturated rings. The van der Waals surface area contributed by atoms with Crippen LogP contribution in [0.1, 0.15) is 55.5 Å². The highest BCUT2D eigenvalue weighted by molar-refractivity contribution is 5.97. The number of aliphatic hydroxyl groups is 1. The van der Waals surface area contributed by atoms with E-state index in [0.29, 0.717) is 18.4 Å². The fourth-order valence-electron chi connectivity index (χ4n) is 2.98. The Morgan fingerprint density at radius 2 is 1.67 bits per heavy atom. The highest BCUT2D eigenvalue weighted by atomic mass is 16.3. The number of hydrogen-bond acceptors (Lipinski definition) is 3. The van der Waals surface area contributed by atoms with Gasteiger partial charge in [0.2, 0.25) is 5.91 Å². The van der Waals surface area contributed by atoms with Crippen molar-refractivity contribution < 1.29 is 14.7 Å². The molecule has 1 saturated carbocycles. The van der Waals surface area contributed by atoms with Crippen molar-refractivity contribution in [1.82, 2.24) is 10.6 Å². The first kappa shape index (κ1) is 18.5. The Balaban J connectivity index is 1.96. The van der Waals surface area contributed by atoms with Gasteiger partial charge in [-0.2, -0.15) is 0 Å². The molecular weight excluding hydrogens is 304 g/mol. The molecule has 0 spiro atoms. The SMILES string of the molecule is Cc1ccc(C(=O)N[C@@H](C(=O)NC2CCC(O)CC2)C(C)C)cc1. The van der Waals surface area contributed by atoms with Crippen molar-refractivity contribution in [2.75, 3.05) is 0 Å². The monoisotopic (exact) mass is 332 g/mol. The zero-order valence-electron chi connectivity index (χ0n) is 14.7. The number of aliphatic hydroxyl groups excluding tert-OH is 1. The normalized spacial score (nSPS) is 22.0. The van der Waals surface area contributed by atoms with Gasteiger partial charge in [0.05, 0.1) is 6.10 Å². The third-order valence-electron chi connectivity index (χ3n) is 4.59. The Kier molecular flexibility index (Phi) is 6.37. The molecule has 1 aliphatic carbocycles. The van der Waals surface area contributed by atoms with Crippen LogP contribution in [0.25, 0.3) is 0 Å². The number of carbonyl (C=O) groups is 2. The van der Waals surface area contributed by atoms with E-state index in [9.17, 15) is 14.7 Å². The standard InChI is InChI=1S/C19H28N2O3/c1-12(2)17(19(24)20-15-8-10-16(22)11-9-15)21-18(23)14-6-4-13(3)5-7-14/h4-7,12,15-17,22H,8-11H2,1-3H3,(H,20,24)(H,21,23)/t15?,16?,17-/m1/s1. The van der Waals surface area contributed by atoms with E-state index in [1.807, 2.05) is 32.9 Å². The zero-order chi connectivity index (χ0) is 17.7. The molecule has 1 aliphatic rings. The maximum atomic E-state index is 12.6. The second-order valence-electron chi connectivity index (χ2n) is 7.08. The molecule has 0 radical (unpaired) electrons. The predicted octanol–water partition coefficient (Wildman–Crippen LogP) is 2.17. The minimum Gasteiger partial charge on any atom is -0.393 e. The first-order chi connectivity index (χ1) is 11.4. The van der Waals surface area contributed by atoms with Crippen molar-refractivity contribution in [3.05, 3.63) is 35.4 Å². The van der Waals surface area contributed by atoms with Crippen LogP contribution >= 0.6 is 0 Å². The molecule has 1 aromatic rings. The first-order valence-corrected chi connectivity index (χ1v) is 8.72. The molecule has 0 aliphatic heterocycles. The predicted molar refractivity (Wildman–Crippen MR) is 93.7 cm³/mol.